The van der Waals surface area contributed by atoms with E-state index in [1.807, 2.05) is 73.7 Å². The van der Waals surface area contributed by atoms with Gasteiger partial charge in [-0.1, -0.05) is 18.2 Å². The van der Waals surface area contributed by atoms with Crippen molar-refractivity contribution in [3.05, 3.63) is 84.5 Å². The summed E-state index contributed by atoms with van der Waals surface area (Å²) in [6, 6.07) is 17.3. The minimum atomic E-state index is -0.155. The second kappa shape index (κ2) is 11.0. The number of anilines is 2. The number of rotatable bonds is 9. The number of aromatic nitrogens is 3. The van der Waals surface area contributed by atoms with Gasteiger partial charge in [0.15, 0.2) is 0 Å². The molecule has 0 saturated carbocycles. The monoisotopic (exact) mass is 455 g/mol. The molecule has 2 aromatic carbocycles. The summed E-state index contributed by atoms with van der Waals surface area (Å²) in [5, 5.41) is 7.00. The quantitative estimate of drug-likeness (QED) is 0.379. The number of hydrogen-bond acceptors (Lipinski definition) is 7. The summed E-state index contributed by atoms with van der Waals surface area (Å²) in [4.78, 5) is 24.5. The molecule has 2 aromatic heterocycles. The molecule has 0 unspecified atom stereocenters. The lowest BCUT2D eigenvalue weighted by atomic mass is 10.1. The lowest BCUT2D eigenvalue weighted by molar-refractivity contribution is -0.124. The Morgan fingerprint density at radius 1 is 1.00 bits per heavy atom. The first-order valence-corrected chi connectivity index (χ1v) is 10.8. The molecule has 0 aliphatic heterocycles. The van der Waals surface area contributed by atoms with Crippen LogP contribution in [-0.2, 0) is 9.53 Å². The van der Waals surface area contributed by atoms with E-state index < -0.39 is 0 Å². The molecule has 4 rings (SSSR count). The Bertz CT molecular complexity index is 1290. The second-order valence-electron chi connectivity index (χ2n) is 7.53. The summed E-state index contributed by atoms with van der Waals surface area (Å²) in [6.07, 6.45) is 7.06. The largest absolute Gasteiger partial charge is 0.456 e. The van der Waals surface area contributed by atoms with Crippen LogP contribution in [0.15, 0.2) is 73.2 Å². The zero-order chi connectivity index (χ0) is 23.8. The Hall–Kier alpha value is -4.30. The van der Waals surface area contributed by atoms with E-state index >= 15 is 0 Å². The lowest BCUT2D eigenvalue weighted by Gasteiger charge is -2.10. The van der Waals surface area contributed by atoms with Gasteiger partial charge in [-0.25, -0.2) is 9.97 Å². The van der Waals surface area contributed by atoms with Crippen molar-refractivity contribution < 1.29 is 14.3 Å². The fourth-order valence-corrected chi connectivity index (χ4v) is 3.22. The van der Waals surface area contributed by atoms with Crippen LogP contribution in [0.3, 0.4) is 0 Å². The standard InChI is InChI=1S/C26H25N5O3/c1-18-5-9-22(15-28-18)34-21-10-7-20(8-11-21)31-26-23-14-19(6-12-24(23)29-17-30-26)4-3-13-27-25(32)16-33-2/h3-12,14-15,17H,13,16H2,1-2H3,(H,27,32)(H,29,30,31)/b4-3+. The number of nitrogens with zero attached hydrogens (tertiary/aromatic N) is 3. The first-order chi connectivity index (χ1) is 16.6. The highest BCUT2D eigenvalue weighted by molar-refractivity contribution is 5.92. The number of carbonyl (C=O) groups excluding carboxylic acids is 1. The fourth-order valence-electron chi connectivity index (χ4n) is 3.22. The molecular weight excluding hydrogens is 430 g/mol. The molecule has 2 heterocycles. The summed E-state index contributed by atoms with van der Waals surface area (Å²) < 4.78 is 10.6. The molecule has 2 N–H and O–H groups in total. The van der Waals surface area contributed by atoms with Gasteiger partial charge in [0.25, 0.3) is 0 Å². The maximum atomic E-state index is 11.5. The summed E-state index contributed by atoms with van der Waals surface area (Å²) >= 11 is 0. The van der Waals surface area contributed by atoms with E-state index in [4.69, 9.17) is 9.47 Å². The molecule has 172 valence electrons. The van der Waals surface area contributed by atoms with Gasteiger partial charge in [0.1, 0.15) is 30.3 Å². The van der Waals surface area contributed by atoms with Crippen LogP contribution in [0.4, 0.5) is 11.5 Å². The predicted molar refractivity (Wildman–Crippen MR) is 132 cm³/mol. The van der Waals surface area contributed by atoms with E-state index in [1.54, 1.807) is 6.20 Å². The number of carbonyl (C=O) groups is 1. The summed E-state index contributed by atoms with van der Waals surface area (Å²) in [5.74, 6) is 1.95. The van der Waals surface area contributed by atoms with Gasteiger partial charge in [0.05, 0.1) is 11.7 Å². The molecule has 8 heteroatoms. The van der Waals surface area contributed by atoms with Gasteiger partial charge in [-0.2, -0.15) is 0 Å². The third-order valence-corrected chi connectivity index (χ3v) is 4.90. The van der Waals surface area contributed by atoms with Gasteiger partial charge < -0.3 is 20.1 Å². The van der Waals surface area contributed by atoms with E-state index in [1.165, 1.54) is 13.4 Å². The van der Waals surface area contributed by atoms with Crippen LogP contribution in [0.5, 0.6) is 11.5 Å². The van der Waals surface area contributed by atoms with Crippen molar-refractivity contribution >= 4 is 34.4 Å². The Balaban J connectivity index is 1.45. The maximum Gasteiger partial charge on any atom is 0.246 e. The van der Waals surface area contributed by atoms with E-state index in [-0.39, 0.29) is 12.5 Å². The molecule has 0 bridgehead atoms. The normalized spacial score (nSPS) is 11.0. The Labute approximate surface area is 197 Å². The third-order valence-electron chi connectivity index (χ3n) is 4.90. The molecule has 1 amide bonds. The smallest absolute Gasteiger partial charge is 0.246 e. The van der Waals surface area contributed by atoms with Crippen LogP contribution < -0.4 is 15.4 Å². The zero-order valence-electron chi connectivity index (χ0n) is 19.0. The van der Waals surface area contributed by atoms with E-state index in [0.717, 1.165) is 27.8 Å². The highest BCUT2D eigenvalue weighted by Gasteiger charge is 2.06. The number of hydrogen-bond donors (Lipinski definition) is 2. The number of nitrogens with one attached hydrogen (secondary N) is 2. The minimum absolute atomic E-state index is 0.0481. The van der Waals surface area contributed by atoms with Gasteiger partial charge in [-0.3, -0.25) is 9.78 Å². The molecule has 8 nitrogen and oxygen atoms in total. The number of benzene rings is 2. The van der Waals surface area contributed by atoms with Crippen LogP contribution >= 0.6 is 0 Å². The van der Waals surface area contributed by atoms with Gasteiger partial charge in [0, 0.05) is 30.4 Å². The van der Waals surface area contributed by atoms with E-state index in [9.17, 15) is 4.79 Å². The number of aryl methyl sites for hydroxylation is 1. The van der Waals surface area contributed by atoms with Crippen molar-refractivity contribution in [2.45, 2.75) is 6.92 Å². The zero-order valence-corrected chi connectivity index (χ0v) is 19.0. The number of fused-ring (bicyclic) bond motifs is 1. The Morgan fingerprint density at radius 2 is 1.82 bits per heavy atom. The van der Waals surface area contributed by atoms with Crippen LogP contribution in [0.2, 0.25) is 0 Å². The molecule has 0 spiro atoms. The van der Waals surface area contributed by atoms with Crippen molar-refractivity contribution in [1.82, 2.24) is 20.3 Å². The van der Waals surface area contributed by atoms with Gasteiger partial charge in [0.2, 0.25) is 5.91 Å². The Morgan fingerprint density at radius 3 is 2.59 bits per heavy atom. The Kier molecular flexibility index (Phi) is 7.42. The van der Waals surface area contributed by atoms with Gasteiger partial charge >= 0.3 is 0 Å². The molecule has 0 fully saturated rings. The summed E-state index contributed by atoms with van der Waals surface area (Å²) in [6.45, 7) is 2.40. The van der Waals surface area contributed by atoms with Crippen molar-refractivity contribution in [2.24, 2.45) is 0 Å². The van der Waals surface area contributed by atoms with Gasteiger partial charge in [-0.15, -0.1) is 0 Å². The molecule has 0 saturated heterocycles. The average Bonchev–Trinajstić information content (AvgIpc) is 2.85. The molecular formula is C26H25N5O3. The maximum absolute atomic E-state index is 11.5. The molecule has 4 aromatic rings. The molecule has 0 aliphatic rings. The predicted octanol–water partition coefficient (Wildman–Crippen LogP) is 4.64. The van der Waals surface area contributed by atoms with Crippen molar-refractivity contribution in [3.8, 4) is 11.5 Å². The van der Waals surface area contributed by atoms with Crippen molar-refractivity contribution in [1.29, 1.82) is 0 Å². The number of amides is 1. The molecule has 0 radical (unpaired) electrons. The summed E-state index contributed by atoms with van der Waals surface area (Å²) in [7, 11) is 1.49. The highest BCUT2D eigenvalue weighted by Crippen LogP contribution is 2.27. The lowest BCUT2D eigenvalue weighted by Crippen LogP contribution is -2.26. The van der Waals surface area contributed by atoms with Crippen molar-refractivity contribution in [3.63, 3.8) is 0 Å². The van der Waals surface area contributed by atoms with Gasteiger partial charge in [-0.05, 0) is 61.0 Å². The number of methoxy groups -OCH3 is 1. The fraction of sp³-hybridized carbons (Fsp3) is 0.154. The van der Waals surface area contributed by atoms with Crippen LogP contribution in [0.25, 0.3) is 17.0 Å². The van der Waals surface area contributed by atoms with Crippen LogP contribution in [0.1, 0.15) is 11.3 Å². The first kappa shape index (κ1) is 22.9. The SMILES string of the molecule is COCC(=O)NC/C=C/c1ccc2ncnc(Nc3ccc(Oc4ccc(C)nc4)cc3)c2c1. The topological polar surface area (TPSA) is 98.3 Å². The van der Waals surface area contributed by atoms with Crippen molar-refractivity contribution in [2.75, 3.05) is 25.6 Å². The molecule has 34 heavy (non-hydrogen) atoms. The van der Waals surface area contributed by atoms with Crippen LogP contribution in [-0.4, -0.2) is 41.1 Å². The average molecular weight is 456 g/mol. The highest BCUT2D eigenvalue weighted by atomic mass is 16.5. The van der Waals surface area contributed by atoms with Crippen LogP contribution in [0, 0.1) is 6.92 Å². The second-order valence-corrected chi connectivity index (χ2v) is 7.53. The molecule has 0 atom stereocenters. The third kappa shape index (κ3) is 6.14. The number of ether oxygens (including phenoxy) is 2. The van der Waals surface area contributed by atoms with E-state index in [0.29, 0.717) is 23.9 Å². The number of pyridine rings is 1. The minimum Gasteiger partial charge on any atom is -0.456 e. The summed E-state index contributed by atoms with van der Waals surface area (Å²) in [5.41, 5.74) is 3.62. The first-order valence-electron chi connectivity index (χ1n) is 10.8. The molecule has 0 aliphatic carbocycles. The van der Waals surface area contributed by atoms with E-state index in [2.05, 4.69) is 25.6 Å².